The summed E-state index contributed by atoms with van der Waals surface area (Å²) < 4.78 is 63.4. The lowest BCUT2D eigenvalue weighted by molar-refractivity contribution is -0.137. The molecule has 0 spiro atoms. The molecule has 0 aliphatic rings. The van der Waals surface area contributed by atoms with Gasteiger partial charge in [-0.3, -0.25) is 9.59 Å². The topological polar surface area (TPSA) is 58.2 Å². The number of hydrogen-bond acceptors (Lipinski definition) is 2. The Kier molecular flexibility index (Phi) is 5.35. The molecule has 0 unspecified atom stereocenters. The van der Waals surface area contributed by atoms with Gasteiger partial charge in [0.2, 0.25) is 5.91 Å². The van der Waals surface area contributed by atoms with Gasteiger partial charge < -0.3 is 10.6 Å². The fraction of sp³-hybridized carbons (Fsp3) is 0.125. The van der Waals surface area contributed by atoms with Gasteiger partial charge in [-0.1, -0.05) is 0 Å². The Morgan fingerprint density at radius 2 is 1.60 bits per heavy atom. The highest BCUT2D eigenvalue weighted by Crippen LogP contribution is 2.29. The van der Waals surface area contributed by atoms with Crippen LogP contribution in [-0.4, -0.2) is 18.4 Å². The molecule has 25 heavy (non-hydrogen) atoms. The predicted molar refractivity (Wildman–Crippen MR) is 78.8 cm³/mol. The standard InChI is InChI=1S/C16H11F5N2O2/c17-11-5-6-13(12(18)7-11)23-14(24)8-22-15(25)9-1-3-10(4-2-9)16(19,20)21/h1-7H,8H2,(H,22,25)(H,23,24). The largest absolute Gasteiger partial charge is 0.416 e. The third-order valence-corrected chi connectivity index (χ3v) is 3.09. The van der Waals surface area contributed by atoms with Crippen LogP contribution in [0.25, 0.3) is 0 Å². The third-order valence-electron chi connectivity index (χ3n) is 3.09. The number of benzene rings is 2. The zero-order valence-corrected chi connectivity index (χ0v) is 12.5. The average molecular weight is 358 g/mol. The molecule has 0 fully saturated rings. The highest BCUT2D eigenvalue weighted by molar-refractivity contribution is 5.99. The first-order chi connectivity index (χ1) is 11.7. The van der Waals surface area contributed by atoms with E-state index in [9.17, 15) is 31.5 Å². The van der Waals surface area contributed by atoms with Crippen molar-refractivity contribution in [3.05, 3.63) is 65.2 Å². The van der Waals surface area contributed by atoms with Crippen LogP contribution >= 0.6 is 0 Å². The number of anilines is 1. The van der Waals surface area contributed by atoms with Crippen LogP contribution in [0.4, 0.5) is 27.6 Å². The fourth-order valence-electron chi connectivity index (χ4n) is 1.86. The van der Waals surface area contributed by atoms with E-state index in [-0.39, 0.29) is 11.3 Å². The van der Waals surface area contributed by atoms with Gasteiger partial charge in [-0.25, -0.2) is 8.78 Å². The van der Waals surface area contributed by atoms with Crippen LogP contribution in [0.2, 0.25) is 0 Å². The van der Waals surface area contributed by atoms with Crippen molar-refractivity contribution in [3.63, 3.8) is 0 Å². The summed E-state index contributed by atoms with van der Waals surface area (Å²) in [6, 6.07) is 5.95. The molecular weight excluding hydrogens is 347 g/mol. The van der Waals surface area contributed by atoms with Gasteiger partial charge in [0.25, 0.3) is 5.91 Å². The maximum Gasteiger partial charge on any atom is 0.416 e. The van der Waals surface area contributed by atoms with Crippen LogP contribution in [-0.2, 0) is 11.0 Å². The lowest BCUT2D eigenvalue weighted by atomic mass is 10.1. The summed E-state index contributed by atoms with van der Waals surface area (Å²) in [6.07, 6.45) is -4.52. The van der Waals surface area contributed by atoms with Gasteiger partial charge >= 0.3 is 6.18 Å². The molecule has 2 rings (SSSR count). The molecule has 0 radical (unpaired) electrons. The van der Waals surface area contributed by atoms with Crippen LogP contribution in [0, 0.1) is 11.6 Å². The van der Waals surface area contributed by atoms with Crippen molar-refractivity contribution >= 4 is 17.5 Å². The Bertz CT molecular complexity index is 788. The fourth-order valence-corrected chi connectivity index (χ4v) is 1.86. The van der Waals surface area contributed by atoms with Crippen molar-refractivity contribution in [2.45, 2.75) is 6.18 Å². The molecule has 0 aromatic heterocycles. The number of nitrogens with one attached hydrogen (secondary N) is 2. The van der Waals surface area contributed by atoms with Gasteiger partial charge in [-0.05, 0) is 36.4 Å². The molecular formula is C16H11F5N2O2. The second-order valence-electron chi connectivity index (χ2n) is 4.93. The van der Waals surface area contributed by atoms with Gasteiger partial charge in [0.15, 0.2) is 0 Å². The first-order valence-electron chi connectivity index (χ1n) is 6.87. The number of halogens is 5. The molecule has 2 aromatic carbocycles. The Balaban J connectivity index is 1.92. The summed E-state index contributed by atoms with van der Waals surface area (Å²) in [6.45, 7) is -0.545. The molecule has 2 aromatic rings. The Morgan fingerprint density at radius 3 is 2.16 bits per heavy atom. The molecule has 0 aliphatic carbocycles. The maximum absolute atomic E-state index is 13.4. The number of rotatable bonds is 4. The molecule has 0 heterocycles. The van der Waals surface area contributed by atoms with Crippen molar-refractivity contribution in [1.82, 2.24) is 5.32 Å². The van der Waals surface area contributed by atoms with Crippen LogP contribution in [0.15, 0.2) is 42.5 Å². The van der Waals surface area contributed by atoms with Gasteiger partial charge in [0.1, 0.15) is 11.6 Å². The van der Waals surface area contributed by atoms with E-state index < -0.39 is 41.7 Å². The van der Waals surface area contributed by atoms with Crippen LogP contribution < -0.4 is 10.6 Å². The van der Waals surface area contributed by atoms with Gasteiger partial charge in [-0.2, -0.15) is 13.2 Å². The van der Waals surface area contributed by atoms with Crippen molar-refractivity contribution in [3.8, 4) is 0 Å². The minimum Gasteiger partial charge on any atom is -0.343 e. The van der Waals surface area contributed by atoms with Gasteiger partial charge in [0.05, 0.1) is 17.8 Å². The van der Waals surface area contributed by atoms with Crippen molar-refractivity contribution in [2.24, 2.45) is 0 Å². The minimum atomic E-state index is -4.52. The number of amides is 2. The summed E-state index contributed by atoms with van der Waals surface area (Å²) in [5.74, 6) is -3.36. The zero-order valence-electron chi connectivity index (χ0n) is 12.5. The van der Waals surface area contributed by atoms with E-state index in [4.69, 9.17) is 0 Å². The average Bonchev–Trinajstić information content (AvgIpc) is 2.54. The predicted octanol–water partition coefficient (Wildman–Crippen LogP) is 3.35. The summed E-state index contributed by atoms with van der Waals surface area (Å²) in [4.78, 5) is 23.4. The number of alkyl halides is 3. The molecule has 0 bridgehead atoms. The molecule has 0 atom stereocenters. The number of hydrogen-bond donors (Lipinski definition) is 2. The van der Waals surface area contributed by atoms with E-state index in [0.29, 0.717) is 6.07 Å². The highest BCUT2D eigenvalue weighted by Gasteiger charge is 2.30. The summed E-state index contributed by atoms with van der Waals surface area (Å²) in [5.41, 5.74) is -1.25. The quantitative estimate of drug-likeness (QED) is 0.824. The minimum absolute atomic E-state index is 0.0752. The van der Waals surface area contributed by atoms with Crippen molar-refractivity contribution < 1.29 is 31.5 Å². The van der Waals surface area contributed by atoms with Crippen LogP contribution in [0.1, 0.15) is 15.9 Å². The van der Waals surface area contributed by atoms with E-state index in [1.165, 1.54) is 0 Å². The molecule has 0 saturated heterocycles. The summed E-state index contributed by atoms with van der Waals surface area (Å²) in [7, 11) is 0. The lowest BCUT2D eigenvalue weighted by Crippen LogP contribution is -2.33. The lowest BCUT2D eigenvalue weighted by Gasteiger charge is -2.09. The Hall–Kier alpha value is -2.97. The molecule has 4 nitrogen and oxygen atoms in total. The zero-order chi connectivity index (χ0) is 18.6. The summed E-state index contributed by atoms with van der Waals surface area (Å²) >= 11 is 0. The van der Waals surface area contributed by atoms with E-state index in [1.807, 2.05) is 0 Å². The third kappa shape index (κ3) is 5.00. The van der Waals surface area contributed by atoms with E-state index >= 15 is 0 Å². The number of carbonyl (C=O) groups is 2. The van der Waals surface area contributed by atoms with Gasteiger partial charge in [0, 0.05) is 11.6 Å². The molecule has 2 amide bonds. The van der Waals surface area contributed by atoms with E-state index in [1.54, 1.807) is 0 Å². The molecule has 2 N–H and O–H groups in total. The highest BCUT2D eigenvalue weighted by atomic mass is 19.4. The normalized spacial score (nSPS) is 11.1. The smallest absolute Gasteiger partial charge is 0.343 e. The Labute approximate surface area is 138 Å². The molecule has 0 saturated carbocycles. The second-order valence-corrected chi connectivity index (χ2v) is 4.93. The first kappa shape index (κ1) is 18.4. The van der Waals surface area contributed by atoms with Crippen LogP contribution in [0.5, 0.6) is 0 Å². The van der Waals surface area contributed by atoms with E-state index in [2.05, 4.69) is 10.6 Å². The van der Waals surface area contributed by atoms with Crippen LogP contribution in [0.3, 0.4) is 0 Å². The SMILES string of the molecule is O=C(CNC(=O)c1ccc(C(F)(F)F)cc1)Nc1ccc(F)cc1F. The monoisotopic (exact) mass is 358 g/mol. The second kappa shape index (κ2) is 7.29. The van der Waals surface area contributed by atoms with Crippen molar-refractivity contribution in [1.29, 1.82) is 0 Å². The molecule has 0 aliphatic heterocycles. The summed E-state index contributed by atoms with van der Waals surface area (Å²) in [5, 5.41) is 4.31. The van der Waals surface area contributed by atoms with E-state index in [0.717, 1.165) is 36.4 Å². The maximum atomic E-state index is 13.4. The Morgan fingerprint density at radius 1 is 0.960 bits per heavy atom. The molecule has 9 heteroatoms. The first-order valence-corrected chi connectivity index (χ1v) is 6.87. The molecule has 132 valence electrons. The number of carbonyl (C=O) groups excluding carboxylic acids is 2. The van der Waals surface area contributed by atoms with Gasteiger partial charge in [-0.15, -0.1) is 0 Å². The van der Waals surface area contributed by atoms with Crippen molar-refractivity contribution in [2.75, 3.05) is 11.9 Å².